The van der Waals surface area contributed by atoms with Crippen molar-refractivity contribution in [2.45, 2.75) is 24.7 Å². The van der Waals surface area contributed by atoms with Gasteiger partial charge in [-0.1, -0.05) is 0 Å². The number of hydrogen-bond donors (Lipinski definition) is 3. The first-order valence-corrected chi connectivity index (χ1v) is 10.8. The Morgan fingerprint density at radius 2 is 1.85 bits per heavy atom. The number of ketones is 2. The van der Waals surface area contributed by atoms with Crippen molar-refractivity contribution in [3.63, 3.8) is 0 Å². The van der Waals surface area contributed by atoms with Crippen LogP contribution >= 0.6 is 0 Å². The number of carbonyl (C=O) groups excluding carboxylic acids is 3. The zero-order chi connectivity index (χ0) is 24.4. The molecule has 0 spiro atoms. The molecule has 1 aromatic rings. The molecule has 4 atom stereocenters. The summed E-state index contributed by atoms with van der Waals surface area (Å²) in [5, 5.41) is 6.42. The van der Waals surface area contributed by atoms with Crippen molar-refractivity contribution in [1.82, 2.24) is 10.2 Å². The fourth-order valence-corrected chi connectivity index (χ4v) is 5.47. The minimum absolute atomic E-state index is 0.107. The number of Topliss-reactive ketones (excluding diaryl/α,β-unsaturated/α-hetero) is 2. The lowest BCUT2D eigenvalue weighted by molar-refractivity contribution is -0.137. The molecule has 4 unspecified atom stereocenters. The van der Waals surface area contributed by atoms with Gasteiger partial charge in [-0.15, -0.1) is 0 Å². The summed E-state index contributed by atoms with van der Waals surface area (Å²) in [7, 11) is 4.57. The van der Waals surface area contributed by atoms with Gasteiger partial charge in [-0.3, -0.25) is 9.59 Å². The molecule has 1 aromatic carbocycles. The van der Waals surface area contributed by atoms with Crippen LogP contribution < -0.4 is 25.8 Å². The van der Waals surface area contributed by atoms with E-state index >= 15 is 0 Å². The SMILES string of the molecule is COc1cc(NC2=C(C)C(=O)C3=C(C2=O)C(COC(N)=O)C2(OC)C4NC4CN32)cc(OC)c1. The van der Waals surface area contributed by atoms with E-state index in [4.69, 9.17) is 24.7 Å². The van der Waals surface area contributed by atoms with Crippen LogP contribution in [0.2, 0.25) is 0 Å². The van der Waals surface area contributed by atoms with Crippen LogP contribution in [0, 0.1) is 5.92 Å². The Hall–Kier alpha value is -3.57. The second kappa shape index (κ2) is 7.74. The smallest absolute Gasteiger partial charge is 0.404 e. The van der Waals surface area contributed by atoms with Crippen molar-refractivity contribution in [2.24, 2.45) is 11.7 Å². The van der Waals surface area contributed by atoms with Crippen molar-refractivity contribution in [3.8, 4) is 11.5 Å². The number of ether oxygens (including phenoxy) is 4. The number of nitrogens with two attached hydrogens (primary N) is 1. The average Bonchev–Trinajstić information content (AvgIpc) is 3.44. The largest absolute Gasteiger partial charge is 0.497 e. The maximum absolute atomic E-state index is 13.9. The summed E-state index contributed by atoms with van der Waals surface area (Å²) in [6.45, 7) is 1.93. The third kappa shape index (κ3) is 3.00. The normalized spacial score (nSPS) is 29.1. The molecular weight excluding hydrogens is 444 g/mol. The molecule has 4 N–H and O–H groups in total. The minimum atomic E-state index is -1.02. The molecule has 11 heteroatoms. The number of fused-ring (bicyclic) bond motifs is 4. The highest BCUT2D eigenvalue weighted by Crippen LogP contribution is 2.55. The predicted molar refractivity (Wildman–Crippen MR) is 119 cm³/mol. The average molecular weight is 470 g/mol. The highest BCUT2D eigenvalue weighted by Gasteiger charge is 2.72. The van der Waals surface area contributed by atoms with Crippen molar-refractivity contribution in [2.75, 3.05) is 39.8 Å². The van der Waals surface area contributed by atoms with Crippen LogP contribution in [0.4, 0.5) is 10.5 Å². The molecule has 0 aromatic heterocycles. The van der Waals surface area contributed by atoms with E-state index in [1.807, 2.05) is 4.90 Å². The number of rotatable bonds is 7. The van der Waals surface area contributed by atoms with Gasteiger partial charge in [0.2, 0.25) is 11.6 Å². The van der Waals surface area contributed by atoms with Gasteiger partial charge in [0.25, 0.3) is 0 Å². The first-order valence-electron chi connectivity index (χ1n) is 10.8. The molecule has 2 saturated heterocycles. The number of methoxy groups -OCH3 is 3. The standard InChI is InChI=1S/C23H26N4O7/c1-10-17(25-11-5-12(31-2)7-13(6-11)32-3)20(29)16-14(9-34-22(24)30)23(33-4)21-15(26-21)8-27(23)18(16)19(10)28/h5-7,14-15,21,25-26H,8-9H2,1-4H3,(H2,24,30). The summed E-state index contributed by atoms with van der Waals surface area (Å²) in [6.07, 6.45) is -0.965. The quantitative estimate of drug-likeness (QED) is 0.380. The van der Waals surface area contributed by atoms with E-state index < -0.39 is 17.7 Å². The Kier molecular flexibility index (Phi) is 5.06. The molecule has 2 fully saturated rings. The third-order valence-electron chi connectivity index (χ3n) is 7.05. The molecule has 1 amide bonds. The Morgan fingerprint density at radius 1 is 1.18 bits per heavy atom. The molecule has 1 aliphatic carbocycles. The molecular formula is C23H26N4O7. The number of allylic oxidation sites excluding steroid dienone is 2. The Labute approximate surface area is 195 Å². The van der Waals surface area contributed by atoms with Crippen LogP contribution in [0.3, 0.4) is 0 Å². The number of benzene rings is 1. The number of primary amides is 1. The summed E-state index contributed by atoms with van der Waals surface area (Å²) >= 11 is 0. The second-order valence-electron chi connectivity index (χ2n) is 8.65. The van der Waals surface area contributed by atoms with Gasteiger partial charge in [0.05, 0.1) is 37.6 Å². The zero-order valence-electron chi connectivity index (χ0n) is 19.3. The van der Waals surface area contributed by atoms with Crippen molar-refractivity contribution in [1.29, 1.82) is 0 Å². The predicted octanol–water partition coefficient (Wildman–Crippen LogP) is 0.519. The zero-order valence-corrected chi connectivity index (χ0v) is 19.3. The highest BCUT2D eigenvalue weighted by atomic mass is 16.6. The van der Waals surface area contributed by atoms with Crippen molar-refractivity contribution in [3.05, 3.63) is 40.7 Å². The minimum Gasteiger partial charge on any atom is -0.497 e. The molecule has 4 aliphatic rings. The van der Waals surface area contributed by atoms with E-state index in [0.29, 0.717) is 29.4 Å². The summed E-state index contributed by atoms with van der Waals surface area (Å²) in [5.74, 6) is -0.307. The molecule has 0 radical (unpaired) electrons. The summed E-state index contributed by atoms with van der Waals surface area (Å²) in [4.78, 5) is 40.8. The van der Waals surface area contributed by atoms with Gasteiger partial charge in [0.1, 0.15) is 18.1 Å². The number of nitrogens with zero attached hydrogens (tertiary/aromatic N) is 1. The van der Waals surface area contributed by atoms with Crippen LogP contribution in [0.25, 0.3) is 0 Å². The maximum Gasteiger partial charge on any atom is 0.404 e. The summed E-state index contributed by atoms with van der Waals surface area (Å²) in [5.41, 5.74) is 5.69. The van der Waals surface area contributed by atoms with Crippen LogP contribution in [0.5, 0.6) is 11.5 Å². The van der Waals surface area contributed by atoms with Crippen molar-refractivity contribution >= 4 is 23.3 Å². The van der Waals surface area contributed by atoms with E-state index in [1.54, 1.807) is 25.1 Å². The Bertz CT molecular complexity index is 1150. The molecule has 3 aliphatic heterocycles. The lowest BCUT2D eigenvalue weighted by atomic mass is 9.82. The van der Waals surface area contributed by atoms with E-state index in [1.165, 1.54) is 21.3 Å². The van der Waals surface area contributed by atoms with Crippen LogP contribution in [-0.2, 0) is 19.1 Å². The first-order chi connectivity index (χ1) is 16.3. The second-order valence-corrected chi connectivity index (χ2v) is 8.65. The molecule has 34 heavy (non-hydrogen) atoms. The van der Waals surface area contributed by atoms with Gasteiger partial charge in [0.15, 0.2) is 5.72 Å². The van der Waals surface area contributed by atoms with Gasteiger partial charge in [-0.05, 0) is 6.92 Å². The number of hydrogen-bond acceptors (Lipinski definition) is 10. The number of carbonyl (C=O) groups is 3. The third-order valence-corrected chi connectivity index (χ3v) is 7.05. The molecule has 11 nitrogen and oxygen atoms in total. The summed E-state index contributed by atoms with van der Waals surface area (Å²) in [6, 6.07) is 5.11. The maximum atomic E-state index is 13.9. The monoisotopic (exact) mass is 470 g/mol. The fraction of sp³-hybridized carbons (Fsp3) is 0.435. The van der Waals surface area contributed by atoms with Crippen LogP contribution in [0.1, 0.15) is 6.92 Å². The number of anilines is 1. The molecule has 0 bridgehead atoms. The van der Waals surface area contributed by atoms with E-state index in [-0.39, 0.29) is 47.1 Å². The van der Waals surface area contributed by atoms with Gasteiger partial charge in [0, 0.05) is 54.7 Å². The van der Waals surface area contributed by atoms with Gasteiger partial charge in [-0.2, -0.15) is 0 Å². The van der Waals surface area contributed by atoms with E-state index in [9.17, 15) is 14.4 Å². The van der Waals surface area contributed by atoms with Crippen molar-refractivity contribution < 1.29 is 33.3 Å². The Balaban J connectivity index is 1.55. The van der Waals surface area contributed by atoms with Crippen LogP contribution in [-0.4, -0.2) is 74.8 Å². The van der Waals surface area contributed by atoms with Gasteiger partial charge < -0.3 is 40.2 Å². The van der Waals surface area contributed by atoms with E-state index in [2.05, 4.69) is 10.6 Å². The van der Waals surface area contributed by atoms with Crippen LogP contribution in [0.15, 0.2) is 40.7 Å². The topological polar surface area (TPSA) is 151 Å². The number of piperazine rings is 1. The lowest BCUT2D eigenvalue weighted by Gasteiger charge is -2.39. The molecule has 3 heterocycles. The molecule has 180 valence electrons. The highest BCUT2D eigenvalue weighted by molar-refractivity contribution is 6.26. The van der Waals surface area contributed by atoms with Gasteiger partial charge in [-0.25, -0.2) is 4.79 Å². The summed E-state index contributed by atoms with van der Waals surface area (Å²) < 4.78 is 21.7. The van der Waals surface area contributed by atoms with Gasteiger partial charge >= 0.3 is 6.09 Å². The number of amides is 1. The lowest BCUT2D eigenvalue weighted by Crippen LogP contribution is -2.55. The Morgan fingerprint density at radius 3 is 2.44 bits per heavy atom. The fourth-order valence-electron chi connectivity index (χ4n) is 5.47. The molecule has 0 saturated carbocycles. The number of nitrogens with one attached hydrogen (secondary N) is 2. The molecule has 5 rings (SSSR count). The first kappa shape index (κ1) is 22.2. The van der Waals surface area contributed by atoms with E-state index in [0.717, 1.165) is 0 Å².